The topological polar surface area (TPSA) is 38.1 Å². The molecule has 0 N–H and O–H groups in total. The number of hydrogen-bond donors (Lipinski definition) is 0. The van der Waals surface area contributed by atoms with Crippen LogP contribution in [0.15, 0.2) is 59.7 Å². The minimum absolute atomic E-state index is 0.139. The lowest BCUT2D eigenvalue weighted by atomic mass is 10.0. The van der Waals surface area contributed by atoms with E-state index in [0.29, 0.717) is 6.42 Å². The predicted molar refractivity (Wildman–Crippen MR) is 87.9 cm³/mol. The summed E-state index contributed by atoms with van der Waals surface area (Å²) in [7, 11) is 0. The number of pyridine rings is 2. The molecule has 5 heteroatoms. The first-order valence-electron chi connectivity index (χ1n) is 7.00. The molecule has 0 bridgehead atoms. The third-order valence-electron chi connectivity index (χ3n) is 3.63. The van der Waals surface area contributed by atoms with Crippen LogP contribution < -0.4 is 0 Å². The van der Waals surface area contributed by atoms with Crippen molar-refractivity contribution in [2.24, 2.45) is 4.99 Å². The molecule has 0 saturated carbocycles. The van der Waals surface area contributed by atoms with Gasteiger partial charge in [0.2, 0.25) is 5.95 Å². The lowest BCUT2D eigenvalue weighted by molar-refractivity contribution is 0.612. The molecule has 0 aromatic carbocycles. The highest BCUT2D eigenvalue weighted by molar-refractivity contribution is 7.19. The summed E-state index contributed by atoms with van der Waals surface area (Å²) in [6.45, 7) is 0. The first-order chi connectivity index (χ1) is 10.8. The standard InChI is InChI=1S/C17H12FN3S/c18-17-6-3-12(10-20-17)16-8-14-15(22-16)5-4-13(21-14)11-2-1-7-19-9-11/h1-2,4-10,12H,3H2. The van der Waals surface area contributed by atoms with Crippen LogP contribution in [0.1, 0.15) is 17.2 Å². The van der Waals surface area contributed by atoms with Gasteiger partial charge in [0, 0.05) is 35.0 Å². The van der Waals surface area contributed by atoms with Crippen molar-refractivity contribution in [3.8, 4) is 11.3 Å². The molecule has 0 aliphatic carbocycles. The molecule has 4 rings (SSSR count). The number of hydrogen-bond acceptors (Lipinski definition) is 4. The molecule has 1 atom stereocenters. The maximum Gasteiger partial charge on any atom is 0.208 e. The molecule has 1 aliphatic rings. The number of aromatic nitrogens is 2. The van der Waals surface area contributed by atoms with E-state index in [2.05, 4.69) is 22.1 Å². The molecular formula is C17H12FN3S. The molecule has 3 aromatic heterocycles. The summed E-state index contributed by atoms with van der Waals surface area (Å²) in [5, 5.41) is 0. The Balaban J connectivity index is 1.71. The number of fused-ring (bicyclic) bond motifs is 1. The van der Waals surface area contributed by atoms with Crippen LogP contribution in [0.5, 0.6) is 0 Å². The van der Waals surface area contributed by atoms with E-state index in [9.17, 15) is 4.39 Å². The lowest BCUT2D eigenvalue weighted by Crippen LogP contribution is -2.00. The Hall–Kier alpha value is -2.40. The number of allylic oxidation sites excluding steroid dienone is 1. The molecule has 1 aliphatic heterocycles. The van der Waals surface area contributed by atoms with Crippen LogP contribution in [-0.4, -0.2) is 16.2 Å². The minimum Gasteiger partial charge on any atom is -0.264 e. The van der Waals surface area contributed by atoms with Gasteiger partial charge in [0.1, 0.15) is 0 Å². The Morgan fingerprint density at radius 3 is 2.95 bits per heavy atom. The maximum absolute atomic E-state index is 13.0. The van der Waals surface area contributed by atoms with Gasteiger partial charge in [-0.15, -0.1) is 11.3 Å². The Morgan fingerprint density at radius 2 is 2.18 bits per heavy atom. The van der Waals surface area contributed by atoms with Gasteiger partial charge in [0.05, 0.1) is 15.9 Å². The SMILES string of the molecule is FC1=CCC(c2cc3nc(-c4cccnc4)ccc3s2)C=N1. The van der Waals surface area contributed by atoms with Gasteiger partial charge in [-0.25, -0.2) is 9.98 Å². The van der Waals surface area contributed by atoms with Crippen LogP contribution >= 0.6 is 11.3 Å². The highest BCUT2D eigenvalue weighted by atomic mass is 32.1. The first-order valence-corrected chi connectivity index (χ1v) is 7.82. The molecule has 0 fully saturated rings. The molecule has 108 valence electrons. The van der Waals surface area contributed by atoms with Crippen LogP contribution in [0.3, 0.4) is 0 Å². The fourth-order valence-corrected chi connectivity index (χ4v) is 3.57. The van der Waals surface area contributed by atoms with Crippen molar-refractivity contribution >= 4 is 27.8 Å². The zero-order valence-electron chi connectivity index (χ0n) is 11.6. The summed E-state index contributed by atoms with van der Waals surface area (Å²) in [6.07, 6.45) is 7.42. The number of rotatable bonds is 2. The second-order valence-electron chi connectivity index (χ2n) is 5.12. The molecular weight excluding hydrogens is 297 g/mol. The Bertz CT molecular complexity index is 883. The van der Waals surface area contributed by atoms with Crippen molar-refractivity contribution in [2.75, 3.05) is 0 Å². The van der Waals surface area contributed by atoms with Crippen molar-refractivity contribution in [1.82, 2.24) is 9.97 Å². The van der Waals surface area contributed by atoms with Crippen LogP contribution in [0.4, 0.5) is 4.39 Å². The molecule has 4 heterocycles. The van der Waals surface area contributed by atoms with E-state index in [-0.39, 0.29) is 5.92 Å². The van der Waals surface area contributed by atoms with Gasteiger partial charge in [-0.1, -0.05) is 0 Å². The van der Waals surface area contributed by atoms with Crippen molar-refractivity contribution in [3.63, 3.8) is 0 Å². The summed E-state index contributed by atoms with van der Waals surface area (Å²) in [6, 6.07) is 10.1. The maximum atomic E-state index is 13.0. The van der Waals surface area contributed by atoms with Crippen molar-refractivity contribution < 1.29 is 4.39 Å². The molecule has 0 saturated heterocycles. The van der Waals surface area contributed by atoms with Crippen molar-refractivity contribution in [1.29, 1.82) is 0 Å². The number of nitrogens with zero attached hydrogens (tertiary/aromatic N) is 3. The van der Waals surface area contributed by atoms with Gasteiger partial charge >= 0.3 is 0 Å². The highest BCUT2D eigenvalue weighted by Crippen LogP contribution is 2.34. The van der Waals surface area contributed by atoms with E-state index in [1.54, 1.807) is 23.7 Å². The van der Waals surface area contributed by atoms with E-state index in [1.165, 1.54) is 11.0 Å². The third kappa shape index (κ3) is 2.44. The molecule has 0 radical (unpaired) electrons. The van der Waals surface area contributed by atoms with Crippen molar-refractivity contribution in [2.45, 2.75) is 12.3 Å². The third-order valence-corrected chi connectivity index (χ3v) is 4.85. The summed E-state index contributed by atoms with van der Waals surface area (Å²) < 4.78 is 14.1. The van der Waals surface area contributed by atoms with Crippen LogP contribution in [0, 0.1) is 0 Å². The van der Waals surface area contributed by atoms with Gasteiger partial charge in [0.25, 0.3) is 0 Å². The smallest absolute Gasteiger partial charge is 0.208 e. The monoisotopic (exact) mass is 309 g/mol. The average molecular weight is 309 g/mol. The second-order valence-corrected chi connectivity index (χ2v) is 6.23. The summed E-state index contributed by atoms with van der Waals surface area (Å²) >= 11 is 1.69. The summed E-state index contributed by atoms with van der Waals surface area (Å²) in [5.41, 5.74) is 2.87. The Kier molecular flexibility index (Phi) is 3.27. The number of thiophene rings is 1. The highest BCUT2D eigenvalue weighted by Gasteiger charge is 2.16. The van der Waals surface area contributed by atoms with Gasteiger partial charge in [0.15, 0.2) is 0 Å². The predicted octanol–water partition coefficient (Wildman–Crippen LogP) is 4.73. The largest absolute Gasteiger partial charge is 0.264 e. The van der Waals surface area contributed by atoms with Crippen LogP contribution in [0.2, 0.25) is 0 Å². The zero-order chi connectivity index (χ0) is 14.9. The van der Waals surface area contributed by atoms with Gasteiger partial charge in [-0.3, -0.25) is 4.98 Å². The van der Waals surface area contributed by atoms with Gasteiger partial charge < -0.3 is 0 Å². The van der Waals surface area contributed by atoms with E-state index in [4.69, 9.17) is 4.98 Å². The summed E-state index contributed by atoms with van der Waals surface area (Å²) in [4.78, 5) is 13.8. The van der Waals surface area contributed by atoms with Crippen LogP contribution in [0.25, 0.3) is 21.5 Å². The number of halogens is 1. The summed E-state index contributed by atoms with van der Waals surface area (Å²) in [5.74, 6) is -0.255. The molecule has 22 heavy (non-hydrogen) atoms. The van der Waals surface area contributed by atoms with Gasteiger partial charge in [-0.05, 0) is 42.8 Å². The molecule has 1 unspecified atom stereocenters. The molecule has 3 nitrogen and oxygen atoms in total. The fourth-order valence-electron chi connectivity index (χ4n) is 2.49. The van der Waals surface area contributed by atoms with E-state index < -0.39 is 5.95 Å². The van der Waals surface area contributed by atoms with E-state index in [0.717, 1.165) is 21.5 Å². The minimum atomic E-state index is -0.394. The molecule has 0 spiro atoms. The van der Waals surface area contributed by atoms with Crippen molar-refractivity contribution in [3.05, 3.63) is 59.6 Å². The van der Waals surface area contributed by atoms with E-state index in [1.807, 2.05) is 24.4 Å². The van der Waals surface area contributed by atoms with Gasteiger partial charge in [-0.2, -0.15) is 4.39 Å². The second kappa shape index (κ2) is 5.42. The molecule has 0 amide bonds. The fraction of sp³-hybridized carbons (Fsp3) is 0.118. The lowest BCUT2D eigenvalue weighted by Gasteiger charge is -2.09. The Morgan fingerprint density at radius 1 is 1.23 bits per heavy atom. The zero-order valence-corrected chi connectivity index (χ0v) is 12.4. The molecule has 3 aromatic rings. The Labute approximate surface area is 130 Å². The normalized spacial score (nSPS) is 17.7. The van der Waals surface area contributed by atoms with E-state index >= 15 is 0 Å². The first kappa shape index (κ1) is 13.3. The quantitative estimate of drug-likeness (QED) is 0.642. The van der Waals surface area contributed by atoms with Crippen LogP contribution in [-0.2, 0) is 0 Å². The average Bonchev–Trinajstić information content (AvgIpc) is 2.99. The number of aliphatic imine (C=N–C) groups is 1.